The number of benzene rings is 1. The first kappa shape index (κ1) is 15.9. The van der Waals surface area contributed by atoms with Gasteiger partial charge < -0.3 is 10.1 Å². The van der Waals surface area contributed by atoms with E-state index in [1.807, 2.05) is 25.1 Å². The van der Waals surface area contributed by atoms with Gasteiger partial charge >= 0.3 is 0 Å². The Hall–Kier alpha value is -2.44. The van der Waals surface area contributed by atoms with E-state index in [2.05, 4.69) is 11.4 Å². The highest BCUT2D eigenvalue weighted by Crippen LogP contribution is 2.42. The lowest BCUT2D eigenvalue weighted by molar-refractivity contribution is -0.123. The van der Waals surface area contributed by atoms with Crippen LogP contribution in [0.1, 0.15) is 18.4 Å². The van der Waals surface area contributed by atoms with Crippen LogP contribution in [-0.4, -0.2) is 18.8 Å². The molecule has 6 heteroatoms. The molecule has 0 spiro atoms. The molecular formula is C16H15N3O2S. The number of hydrogen-bond acceptors (Lipinski definition) is 5. The molecule has 1 heterocycles. The van der Waals surface area contributed by atoms with E-state index < -0.39 is 11.8 Å². The largest absolute Gasteiger partial charge is 0.494 e. The SMILES string of the molecule is CCOc1ccccc1[C@@H]1C(C#N)=C(SC)NC(=O)[C@@H]1C#N. The maximum Gasteiger partial charge on any atom is 0.243 e. The van der Waals surface area contributed by atoms with Gasteiger partial charge in [-0.1, -0.05) is 18.2 Å². The predicted octanol–water partition coefficient (Wildman–Crippen LogP) is 2.54. The van der Waals surface area contributed by atoms with Crippen LogP contribution in [0.4, 0.5) is 0 Å². The van der Waals surface area contributed by atoms with E-state index >= 15 is 0 Å². The molecule has 0 bridgehead atoms. The van der Waals surface area contributed by atoms with Crippen LogP contribution in [0.2, 0.25) is 0 Å². The summed E-state index contributed by atoms with van der Waals surface area (Å²) < 4.78 is 5.60. The second-order valence-electron chi connectivity index (χ2n) is 4.60. The van der Waals surface area contributed by atoms with Crippen molar-refractivity contribution in [2.45, 2.75) is 12.8 Å². The van der Waals surface area contributed by atoms with Gasteiger partial charge in [0.2, 0.25) is 5.91 Å². The Bertz CT molecular complexity index is 700. The summed E-state index contributed by atoms with van der Waals surface area (Å²) in [5.41, 5.74) is 1.08. The smallest absolute Gasteiger partial charge is 0.243 e. The van der Waals surface area contributed by atoms with Gasteiger partial charge in [-0.2, -0.15) is 10.5 Å². The molecule has 0 aromatic heterocycles. The van der Waals surface area contributed by atoms with Gasteiger partial charge in [-0.15, -0.1) is 11.8 Å². The van der Waals surface area contributed by atoms with E-state index in [4.69, 9.17) is 4.74 Å². The second-order valence-corrected chi connectivity index (χ2v) is 5.42. The number of rotatable bonds is 4. The molecule has 1 amide bonds. The molecule has 1 aromatic carbocycles. The summed E-state index contributed by atoms with van der Waals surface area (Å²) in [5, 5.41) is 22.1. The third-order valence-electron chi connectivity index (χ3n) is 3.43. The van der Waals surface area contributed by atoms with Crippen molar-refractivity contribution in [2.24, 2.45) is 5.92 Å². The van der Waals surface area contributed by atoms with E-state index in [0.29, 0.717) is 28.5 Å². The summed E-state index contributed by atoms with van der Waals surface area (Å²) in [5.74, 6) is -1.36. The van der Waals surface area contributed by atoms with Crippen LogP contribution in [0.25, 0.3) is 0 Å². The van der Waals surface area contributed by atoms with Crippen molar-refractivity contribution in [2.75, 3.05) is 12.9 Å². The lowest BCUT2D eigenvalue weighted by atomic mass is 9.79. The third-order valence-corrected chi connectivity index (χ3v) is 4.16. The van der Waals surface area contributed by atoms with Gasteiger partial charge in [-0.05, 0) is 19.2 Å². The van der Waals surface area contributed by atoms with Crippen molar-refractivity contribution in [1.29, 1.82) is 10.5 Å². The number of nitriles is 2. The summed E-state index contributed by atoms with van der Waals surface area (Å²) in [7, 11) is 0. The molecular weight excluding hydrogens is 298 g/mol. The van der Waals surface area contributed by atoms with Crippen molar-refractivity contribution in [1.82, 2.24) is 5.32 Å². The zero-order chi connectivity index (χ0) is 16.1. The van der Waals surface area contributed by atoms with Crippen LogP contribution >= 0.6 is 11.8 Å². The predicted molar refractivity (Wildman–Crippen MR) is 83.8 cm³/mol. The minimum absolute atomic E-state index is 0.387. The highest BCUT2D eigenvalue weighted by atomic mass is 32.2. The molecule has 0 saturated heterocycles. The number of para-hydroxylation sites is 1. The van der Waals surface area contributed by atoms with Gasteiger partial charge in [-0.25, -0.2) is 0 Å². The number of nitrogens with zero attached hydrogens (tertiary/aromatic N) is 2. The number of carbonyl (C=O) groups excluding carboxylic acids is 1. The van der Waals surface area contributed by atoms with Crippen LogP contribution in [0, 0.1) is 28.6 Å². The Morgan fingerprint density at radius 3 is 2.68 bits per heavy atom. The summed E-state index contributed by atoms with van der Waals surface area (Å²) in [6.07, 6.45) is 1.78. The molecule has 1 aliphatic rings. The van der Waals surface area contributed by atoms with Crippen molar-refractivity contribution in [3.8, 4) is 17.9 Å². The topological polar surface area (TPSA) is 85.9 Å². The number of hydrogen-bond donors (Lipinski definition) is 1. The number of allylic oxidation sites excluding steroid dienone is 1. The molecule has 22 heavy (non-hydrogen) atoms. The first-order valence-corrected chi connectivity index (χ1v) is 8.00. The zero-order valence-electron chi connectivity index (χ0n) is 12.3. The zero-order valence-corrected chi connectivity index (χ0v) is 13.1. The fraction of sp³-hybridized carbons (Fsp3) is 0.312. The van der Waals surface area contributed by atoms with Gasteiger partial charge in [0.25, 0.3) is 0 Å². The van der Waals surface area contributed by atoms with E-state index in [1.165, 1.54) is 11.8 Å². The van der Waals surface area contributed by atoms with Crippen LogP contribution < -0.4 is 10.1 Å². The van der Waals surface area contributed by atoms with Crippen LogP contribution in [0.15, 0.2) is 34.9 Å². The molecule has 2 atom stereocenters. The number of nitrogens with one attached hydrogen (secondary N) is 1. The fourth-order valence-electron chi connectivity index (χ4n) is 2.49. The molecule has 1 aliphatic heterocycles. The lowest BCUT2D eigenvalue weighted by Crippen LogP contribution is -2.38. The number of thioether (sulfide) groups is 1. The average molecular weight is 313 g/mol. The molecule has 1 N–H and O–H groups in total. The lowest BCUT2D eigenvalue weighted by Gasteiger charge is -2.29. The van der Waals surface area contributed by atoms with E-state index in [-0.39, 0.29) is 5.91 Å². The fourth-order valence-corrected chi connectivity index (χ4v) is 3.09. The first-order valence-electron chi connectivity index (χ1n) is 6.78. The van der Waals surface area contributed by atoms with Crippen molar-refractivity contribution < 1.29 is 9.53 Å². The number of ether oxygens (including phenoxy) is 1. The number of amides is 1. The molecule has 0 unspecified atom stereocenters. The quantitative estimate of drug-likeness (QED) is 0.923. The normalized spacial score (nSPS) is 20.8. The highest BCUT2D eigenvalue weighted by molar-refractivity contribution is 8.02. The van der Waals surface area contributed by atoms with Crippen molar-refractivity contribution in [3.63, 3.8) is 0 Å². The minimum atomic E-state index is -0.952. The Balaban J connectivity index is 2.65. The van der Waals surface area contributed by atoms with E-state index in [1.54, 1.807) is 18.4 Å². The Morgan fingerprint density at radius 2 is 2.09 bits per heavy atom. The van der Waals surface area contributed by atoms with E-state index in [0.717, 1.165) is 0 Å². The highest BCUT2D eigenvalue weighted by Gasteiger charge is 2.40. The van der Waals surface area contributed by atoms with E-state index in [9.17, 15) is 15.3 Å². The molecule has 0 saturated carbocycles. The molecule has 112 valence electrons. The summed E-state index contributed by atoms with van der Waals surface area (Å²) in [6, 6.07) is 11.4. The van der Waals surface area contributed by atoms with Crippen molar-refractivity contribution in [3.05, 3.63) is 40.4 Å². The van der Waals surface area contributed by atoms with Crippen molar-refractivity contribution >= 4 is 17.7 Å². The maximum atomic E-state index is 12.2. The van der Waals surface area contributed by atoms with Crippen LogP contribution in [-0.2, 0) is 4.79 Å². The molecule has 5 nitrogen and oxygen atoms in total. The summed E-state index contributed by atoms with van der Waals surface area (Å²) in [4.78, 5) is 12.2. The van der Waals surface area contributed by atoms with Gasteiger partial charge in [0, 0.05) is 5.56 Å². The standard InChI is InChI=1S/C16H15N3O2S/c1-3-21-13-7-5-4-6-10(13)14-11(8-17)15(20)19-16(22-2)12(14)9-18/h4-7,11,14H,3H2,1-2H3,(H,19,20)/t11-,14+/m1/s1. The molecule has 2 rings (SSSR count). The monoisotopic (exact) mass is 313 g/mol. The Kier molecular flexibility index (Phi) is 5.08. The Labute approximate surface area is 133 Å². The van der Waals surface area contributed by atoms with Gasteiger partial charge in [0.1, 0.15) is 11.7 Å². The number of carbonyl (C=O) groups is 1. The van der Waals surface area contributed by atoms with Crippen LogP contribution in [0.3, 0.4) is 0 Å². The maximum absolute atomic E-state index is 12.2. The van der Waals surface area contributed by atoms with Gasteiger partial charge in [-0.3, -0.25) is 4.79 Å². The van der Waals surface area contributed by atoms with Gasteiger partial charge in [0.05, 0.1) is 35.3 Å². The Morgan fingerprint density at radius 1 is 1.36 bits per heavy atom. The molecule has 1 aromatic rings. The van der Waals surface area contributed by atoms with Crippen LogP contribution in [0.5, 0.6) is 5.75 Å². The summed E-state index contributed by atoms with van der Waals surface area (Å²) in [6.45, 7) is 2.33. The second kappa shape index (κ2) is 7.02. The minimum Gasteiger partial charge on any atom is -0.494 e. The first-order chi connectivity index (χ1) is 10.7. The third kappa shape index (κ3) is 2.79. The molecule has 0 aliphatic carbocycles. The summed E-state index contributed by atoms with van der Waals surface area (Å²) >= 11 is 1.29. The molecule has 0 fully saturated rings. The van der Waals surface area contributed by atoms with Gasteiger partial charge in [0.15, 0.2) is 0 Å². The molecule has 0 radical (unpaired) electrons. The average Bonchev–Trinajstić information content (AvgIpc) is 2.54.